The molecule has 0 saturated carbocycles. The number of hydrogen-bond donors (Lipinski definition) is 2. The van der Waals surface area contributed by atoms with Crippen molar-refractivity contribution in [2.75, 3.05) is 11.9 Å². The zero-order valence-corrected chi connectivity index (χ0v) is 20.5. The fourth-order valence-electron chi connectivity index (χ4n) is 4.59. The number of para-hydroxylation sites is 1. The van der Waals surface area contributed by atoms with Crippen molar-refractivity contribution >= 4 is 29.1 Å². The highest BCUT2D eigenvalue weighted by atomic mass is 35.5. The van der Waals surface area contributed by atoms with E-state index in [4.69, 9.17) is 17.3 Å². The molecule has 2 heterocycles. The van der Waals surface area contributed by atoms with Gasteiger partial charge in [0.25, 0.3) is 0 Å². The van der Waals surface area contributed by atoms with Crippen LogP contribution in [0.25, 0.3) is 5.69 Å². The number of amides is 2. The van der Waals surface area contributed by atoms with E-state index < -0.39 is 0 Å². The molecule has 3 aromatic rings. The van der Waals surface area contributed by atoms with Gasteiger partial charge in [-0.3, -0.25) is 14.5 Å². The van der Waals surface area contributed by atoms with Gasteiger partial charge in [0.05, 0.1) is 23.8 Å². The molecular formula is C26H30ClN5O2. The zero-order valence-electron chi connectivity index (χ0n) is 19.8. The van der Waals surface area contributed by atoms with Crippen LogP contribution in [0.3, 0.4) is 0 Å². The van der Waals surface area contributed by atoms with E-state index in [1.54, 1.807) is 0 Å². The van der Waals surface area contributed by atoms with E-state index in [1.165, 1.54) is 0 Å². The van der Waals surface area contributed by atoms with Gasteiger partial charge in [0, 0.05) is 28.5 Å². The summed E-state index contributed by atoms with van der Waals surface area (Å²) in [6.45, 7) is 7.21. The first-order valence-electron chi connectivity index (χ1n) is 11.5. The summed E-state index contributed by atoms with van der Waals surface area (Å²) in [5, 5.41) is 8.39. The monoisotopic (exact) mass is 479 g/mol. The van der Waals surface area contributed by atoms with Gasteiger partial charge in [0.2, 0.25) is 11.8 Å². The first-order chi connectivity index (χ1) is 16.2. The summed E-state index contributed by atoms with van der Waals surface area (Å²) >= 11 is 6.30. The largest absolute Gasteiger partial charge is 0.368 e. The molecule has 2 aromatic carbocycles. The molecule has 1 saturated heterocycles. The number of nitrogens with one attached hydrogen (secondary N) is 1. The average molecular weight is 480 g/mol. The molecule has 0 aliphatic carbocycles. The van der Waals surface area contributed by atoms with Crippen molar-refractivity contribution in [2.24, 2.45) is 5.73 Å². The fourth-order valence-corrected chi connectivity index (χ4v) is 4.76. The summed E-state index contributed by atoms with van der Waals surface area (Å²) in [6, 6.07) is 13.3. The van der Waals surface area contributed by atoms with E-state index in [-0.39, 0.29) is 24.3 Å². The third-order valence-corrected chi connectivity index (χ3v) is 6.94. The topological polar surface area (TPSA) is 93.2 Å². The lowest BCUT2D eigenvalue weighted by atomic mass is 10.1. The van der Waals surface area contributed by atoms with Gasteiger partial charge in [0.15, 0.2) is 0 Å². The maximum Gasteiger partial charge on any atom is 0.234 e. The van der Waals surface area contributed by atoms with Gasteiger partial charge in [-0.05, 0) is 69.5 Å². The van der Waals surface area contributed by atoms with Crippen LogP contribution in [0, 0.1) is 20.8 Å². The van der Waals surface area contributed by atoms with Crippen LogP contribution in [-0.4, -0.2) is 39.1 Å². The quantitative estimate of drug-likeness (QED) is 0.534. The number of hydrogen-bond acceptors (Lipinski definition) is 4. The molecule has 3 N–H and O–H groups in total. The maximum atomic E-state index is 13.0. The number of anilines is 1. The van der Waals surface area contributed by atoms with Gasteiger partial charge in [-0.15, -0.1) is 0 Å². The molecule has 1 aliphatic rings. The van der Waals surface area contributed by atoms with E-state index in [1.807, 2.05) is 67.9 Å². The summed E-state index contributed by atoms with van der Waals surface area (Å²) in [4.78, 5) is 26.9. The Bertz CT molecular complexity index is 1240. The minimum absolute atomic E-state index is 0.118. The number of carbonyl (C=O) groups is 2. The third kappa shape index (κ3) is 5.00. The molecule has 1 atom stereocenters. The predicted molar refractivity (Wildman–Crippen MR) is 134 cm³/mol. The molecule has 0 bridgehead atoms. The van der Waals surface area contributed by atoms with E-state index in [2.05, 4.69) is 15.3 Å². The van der Waals surface area contributed by atoms with E-state index in [0.717, 1.165) is 58.8 Å². The minimum Gasteiger partial charge on any atom is -0.368 e. The smallest absolute Gasteiger partial charge is 0.234 e. The number of nitrogens with two attached hydrogens (primary N) is 1. The molecule has 178 valence electrons. The molecule has 0 radical (unpaired) electrons. The van der Waals surface area contributed by atoms with Crippen molar-refractivity contribution < 1.29 is 9.59 Å². The number of aryl methyl sites for hydroxylation is 2. The second-order valence-corrected chi connectivity index (χ2v) is 9.31. The zero-order chi connectivity index (χ0) is 24.4. The van der Waals surface area contributed by atoms with Crippen molar-refractivity contribution in [3.63, 3.8) is 0 Å². The lowest BCUT2D eigenvalue weighted by Gasteiger charge is -2.23. The molecular weight excluding hydrogens is 450 g/mol. The molecule has 1 fully saturated rings. The van der Waals surface area contributed by atoms with Crippen LogP contribution in [0.1, 0.15) is 40.9 Å². The average Bonchev–Trinajstić information content (AvgIpc) is 3.37. The van der Waals surface area contributed by atoms with Crippen molar-refractivity contribution in [2.45, 2.75) is 52.6 Å². The highest BCUT2D eigenvalue weighted by Gasteiger charge is 2.29. The number of benzene rings is 2. The van der Waals surface area contributed by atoms with Crippen LogP contribution in [0.5, 0.6) is 0 Å². The molecule has 8 heteroatoms. The number of carbonyl (C=O) groups excluding carboxylic acids is 2. The normalized spacial score (nSPS) is 16.1. The van der Waals surface area contributed by atoms with Gasteiger partial charge in [-0.2, -0.15) is 5.10 Å². The van der Waals surface area contributed by atoms with Crippen LogP contribution in [-0.2, 0) is 22.6 Å². The fraction of sp³-hybridized carbons (Fsp3) is 0.346. The summed E-state index contributed by atoms with van der Waals surface area (Å²) in [7, 11) is 0. The first-order valence-corrected chi connectivity index (χ1v) is 11.8. The minimum atomic E-state index is -0.295. The Morgan fingerprint density at radius 3 is 2.68 bits per heavy atom. The molecule has 34 heavy (non-hydrogen) atoms. The van der Waals surface area contributed by atoms with Gasteiger partial charge in [-0.25, -0.2) is 4.68 Å². The standard InChI is InChI=1S/C26H30ClN5O2/c1-16-10-11-20(13-22(16)27)32-18(3)21(17(2)30-32)14-25(33)29-23-8-5-4-7-19(23)15-31-12-6-9-24(31)26(28)34/h4-5,7-8,10-11,13,24H,6,9,12,14-15H2,1-3H3,(H2,28,34)(H,29,33). The molecule has 4 rings (SSSR count). The molecule has 2 amide bonds. The van der Waals surface area contributed by atoms with Gasteiger partial charge in [-0.1, -0.05) is 35.9 Å². The van der Waals surface area contributed by atoms with Crippen LogP contribution >= 0.6 is 11.6 Å². The number of nitrogens with zero attached hydrogens (tertiary/aromatic N) is 3. The predicted octanol–water partition coefficient (Wildman–Crippen LogP) is 4.08. The second-order valence-electron chi connectivity index (χ2n) is 8.91. The van der Waals surface area contributed by atoms with Crippen molar-refractivity contribution in [1.82, 2.24) is 14.7 Å². The first kappa shape index (κ1) is 24.0. The van der Waals surface area contributed by atoms with E-state index >= 15 is 0 Å². The van der Waals surface area contributed by atoms with E-state index in [9.17, 15) is 9.59 Å². The molecule has 0 spiro atoms. The van der Waals surface area contributed by atoms with Gasteiger partial charge >= 0.3 is 0 Å². The van der Waals surface area contributed by atoms with Crippen molar-refractivity contribution in [3.05, 3.63) is 75.6 Å². The number of likely N-dealkylation sites (tertiary alicyclic amines) is 1. The number of aromatic nitrogens is 2. The highest BCUT2D eigenvalue weighted by molar-refractivity contribution is 6.31. The second kappa shape index (κ2) is 9.99. The highest BCUT2D eigenvalue weighted by Crippen LogP contribution is 2.25. The molecule has 1 aliphatic heterocycles. The molecule has 1 aromatic heterocycles. The van der Waals surface area contributed by atoms with Crippen molar-refractivity contribution in [3.8, 4) is 5.69 Å². The van der Waals surface area contributed by atoms with Gasteiger partial charge < -0.3 is 11.1 Å². The molecule has 1 unspecified atom stereocenters. The Balaban J connectivity index is 1.50. The molecule has 7 nitrogen and oxygen atoms in total. The van der Waals surface area contributed by atoms with Crippen LogP contribution in [0.2, 0.25) is 5.02 Å². The number of rotatable bonds is 7. The van der Waals surface area contributed by atoms with Gasteiger partial charge in [0.1, 0.15) is 0 Å². The number of halogens is 1. The summed E-state index contributed by atoms with van der Waals surface area (Å²) < 4.78 is 1.83. The lowest BCUT2D eigenvalue weighted by Crippen LogP contribution is -2.39. The van der Waals surface area contributed by atoms with Crippen LogP contribution < -0.4 is 11.1 Å². The Labute approximate surface area is 204 Å². The lowest BCUT2D eigenvalue weighted by molar-refractivity contribution is -0.122. The van der Waals surface area contributed by atoms with Crippen LogP contribution in [0.15, 0.2) is 42.5 Å². The number of primary amides is 1. The van der Waals surface area contributed by atoms with Crippen LogP contribution in [0.4, 0.5) is 5.69 Å². The Kier molecular flexibility index (Phi) is 7.05. The summed E-state index contributed by atoms with van der Waals surface area (Å²) in [5.41, 5.74) is 11.7. The Hall–Kier alpha value is -3.16. The Morgan fingerprint density at radius 1 is 1.18 bits per heavy atom. The summed E-state index contributed by atoms with van der Waals surface area (Å²) in [5.74, 6) is -0.412. The summed E-state index contributed by atoms with van der Waals surface area (Å²) in [6.07, 6.45) is 1.93. The van der Waals surface area contributed by atoms with Crippen molar-refractivity contribution in [1.29, 1.82) is 0 Å². The maximum absolute atomic E-state index is 13.0. The third-order valence-electron chi connectivity index (χ3n) is 6.54. The Morgan fingerprint density at radius 2 is 1.94 bits per heavy atom. The van der Waals surface area contributed by atoms with E-state index in [0.29, 0.717) is 11.6 Å². The SMILES string of the molecule is Cc1ccc(-n2nc(C)c(CC(=O)Nc3ccccc3CN3CCCC3C(N)=O)c2C)cc1Cl.